The molecule has 3 heterocycles. The van der Waals surface area contributed by atoms with E-state index in [4.69, 9.17) is 12.2 Å². The van der Waals surface area contributed by atoms with Crippen LogP contribution in [0.25, 0.3) is 5.69 Å². The van der Waals surface area contributed by atoms with Crippen molar-refractivity contribution in [2.75, 3.05) is 11.9 Å². The monoisotopic (exact) mass is 541 g/mol. The highest BCUT2D eigenvalue weighted by Gasteiger charge is 2.41. The van der Waals surface area contributed by atoms with Crippen LogP contribution in [0.2, 0.25) is 0 Å². The fourth-order valence-corrected chi connectivity index (χ4v) is 5.66. The molecule has 200 valence electrons. The summed E-state index contributed by atoms with van der Waals surface area (Å²) in [6.07, 6.45) is 3.01. The third-order valence-electron chi connectivity index (χ3n) is 7.30. The Bertz CT molecular complexity index is 1470. The maximum Gasteiger partial charge on any atom is 0.226 e. The van der Waals surface area contributed by atoms with Gasteiger partial charge in [-0.2, -0.15) is 0 Å². The van der Waals surface area contributed by atoms with Gasteiger partial charge in [-0.15, -0.1) is 0 Å². The number of amides is 1. The molecular formula is C31H32FN5OS. The number of aromatic nitrogens is 2. The first-order valence-electron chi connectivity index (χ1n) is 13.2. The van der Waals surface area contributed by atoms with Crippen LogP contribution in [0.4, 0.5) is 10.1 Å². The summed E-state index contributed by atoms with van der Waals surface area (Å²) < 4.78 is 15.5. The summed E-state index contributed by atoms with van der Waals surface area (Å²) >= 11 is 5.80. The van der Waals surface area contributed by atoms with E-state index in [0.717, 1.165) is 34.8 Å². The van der Waals surface area contributed by atoms with E-state index < -0.39 is 0 Å². The molecule has 0 spiro atoms. The van der Waals surface area contributed by atoms with E-state index in [1.807, 2.05) is 18.2 Å². The zero-order valence-corrected chi connectivity index (χ0v) is 23.1. The van der Waals surface area contributed by atoms with Crippen LogP contribution in [0, 0.1) is 19.7 Å². The first kappa shape index (κ1) is 26.6. The van der Waals surface area contributed by atoms with E-state index in [2.05, 4.69) is 76.2 Å². The molecule has 2 N–H and O–H groups in total. The van der Waals surface area contributed by atoms with Crippen LogP contribution in [-0.2, 0) is 11.2 Å². The number of pyridine rings is 1. The van der Waals surface area contributed by atoms with E-state index in [9.17, 15) is 9.18 Å². The Morgan fingerprint density at radius 1 is 1.08 bits per heavy atom. The van der Waals surface area contributed by atoms with Gasteiger partial charge in [0, 0.05) is 41.9 Å². The van der Waals surface area contributed by atoms with Crippen molar-refractivity contribution >= 4 is 28.9 Å². The van der Waals surface area contributed by atoms with Crippen molar-refractivity contribution in [2.24, 2.45) is 0 Å². The molecule has 0 radical (unpaired) electrons. The minimum Gasteiger partial charge on any atom is -0.352 e. The Kier molecular flexibility index (Phi) is 7.74. The van der Waals surface area contributed by atoms with E-state index >= 15 is 0 Å². The topological polar surface area (TPSA) is 62.2 Å². The Hall–Kier alpha value is -4.04. The third kappa shape index (κ3) is 5.56. The van der Waals surface area contributed by atoms with Gasteiger partial charge in [0.2, 0.25) is 5.91 Å². The fraction of sp³-hybridized carbons (Fsp3) is 0.258. The summed E-state index contributed by atoms with van der Waals surface area (Å²) in [6, 6.07) is 22.2. The lowest BCUT2D eigenvalue weighted by Crippen LogP contribution is -2.32. The van der Waals surface area contributed by atoms with E-state index in [1.54, 1.807) is 18.3 Å². The quantitative estimate of drug-likeness (QED) is 0.261. The van der Waals surface area contributed by atoms with Crippen molar-refractivity contribution in [2.45, 2.75) is 45.7 Å². The van der Waals surface area contributed by atoms with Gasteiger partial charge in [0.15, 0.2) is 5.11 Å². The lowest BCUT2D eigenvalue weighted by Gasteiger charge is -2.28. The summed E-state index contributed by atoms with van der Waals surface area (Å²) in [4.78, 5) is 19.5. The zero-order valence-electron chi connectivity index (χ0n) is 22.3. The normalized spacial score (nSPS) is 16.8. The summed E-state index contributed by atoms with van der Waals surface area (Å²) in [5.74, 6) is -0.505. The van der Waals surface area contributed by atoms with Crippen LogP contribution >= 0.6 is 12.2 Å². The first-order chi connectivity index (χ1) is 18.9. The van der Waals surface area contributed by atoms with Gasteiger partial charge in [-0.25, -0.2) is 4.39 Å². The van der Waals surface area contributed by atoms with Crippen LogP contribution in [-0.4, -0.2) is 32.0 Å². The van der Waals surface area contributed by atoms with Gasteiger partial charge in [0.1, 0.15) is 5.82 Å². The number of aryl methyl sites for hydroxylation is 2. The highest BCUT2D eigenvalue weighted by Crippen LogP contribution is 2.41. The largest absolute Gasteiger partial charge is 0.352 e. The van der Waals surface area contributed by atoms with Gasteiger partial charge < -0.3 is 20.1 Å². The molecule has 1 fully saturated rings. The summed E-state index contributed by atoms with van der Waals surface area (Å²) in [5, 5.41) is 6.91. The molecule has 1 aliphatic rings. The lowest BCUT2D eigenvalue weighted by molar-refractivity contribution is -0.116. The maximum atomic E-state index is 13.3. The average molecular weight is 542 g/mol. The SMILES string of the molecule is CCc1ccc(-n2c(C)cc([C@@H]3[C@@H](c4ccccn4)NC(=S)N3CCC(=O)Nc3ccc(F)cc3)c2C)cc1. The minimum absolute atomic E-state index is 0.152. The number of rotatable bonds is 8. The molecule has 8 heteroatoms. The number of benzene rings is 2. The second kappa shape index (κ2) is 11.4. The summed E-state index contributed by atoms with van der Waals surface area (Å²) in [6.45, 7) is 6.82. The van der Waals surface area contributed by atoms with E-state index in [-0.39, 0.29) is 30.2 Å². The molecule has 0 bridgehead atoms. The number of nitrogens with zero attached hydrogens (tertiary/aromatic N) is 3. The Labute approximate surface area is 233 Å². The molecule has 1 aliphatic heterocycles. The van der Waals surface area contributed by atoms with E-state index in [0.29, 0.717) is 17.3 Å². The summed E-state index contributed by atoms with van der Waals surface area (Å²) in [5.41, 5.74) is 7.24. The second-order valence-corrected chi connectivity index (χ2v) is 10.2. The standard InChI is InChI=1S/C31H32FN5OS/c1-4-22-8-14-25(15-9-22)37-20(2)19-26(21(37)3)30-29(27-7-5-6-17-33-27)35-31(39)36(30)18-16-28(38)34-24-12-10-23(32)11-13-24/h5-15,17,19,29-30H,4,16,18H2,1-3H3,(H,34,38)(H,35,39)/t29-,30-/m1/s1. The number of anilines is 1. The zero-order chi connectivity index (χ0) is 27.5. The number of nitrogens with one attached hydrogen (secondary N) is 2. The maximum absolute atomic E-state index is 13.3. The molecular weight excluding hydrogens is 509 g/mol. The predicted octanol–water partition coefficient (Wildman–Crippen LogP) is 6.19. The first-order valence-corrected chi connectivity index (χ1v) is 13.6. The Morgan fingerprint density at radius 2 is 1.82 bits per heavy atom. The van der Waals surface area contributed by atoms with Gasteiger partial charge in [-0.05, 0) is 98.2 Å². The Morgan fingerprint density at radius 3 is 2.49 bits per heavy atom. The number of carbonyl (C=O) groups is 1. The highest BCUT2D eigenvalue weighted by molar-refractivity contribution is 7.80. The Balaban J connectivity index is 1.45. The molecule has 2 atom stereocenters. The highest BCUT2D eigenvalue weighted by atomic mass is 32.1. The molecule has 5 rings (SSSR count). The molecule has 2 aromatic carbocycles. The van der Waals surface area contributed by atoms with Crippen molar-refractivity contribution in [3.8, 4) is 5.69 Å². The van der Waals surface area contributed by atoms with Crippen molar-refractivity contribution < 1.29 is 9.18 Å². The smallest absolute Gasteiger partial charge is 0.226 e. The number of carbonyl (C=O) groups excluding carboxylic acids is 1. The molecule has 0 aliphatic carbocycles. The molecule has 0 saturated carbocycles. The summed E-state index contributed by atoms with van der Waals surface area (Å²) in [7, 11) is 0. The number of hydrogen-bond donors (Lipinski definition) is 2. The van der Waals surface area contributed by atoms with E-state index in [1.165, 1.54) is 17.7 Å². The van der Waals surface area contributed by atoms with Crippen molar-refractivity contribution in [3.63, 3.8) is 0 Å². The lowest BCUT2D eigenvalue weighted by atomic mass is 9.96. The fourth-order valence-electron chi connectivity index (χ4n) is 5.33. The van der Waals surface area contributed by atoms with Gasteiger partial charge in [0.05, 0.1) is 17.8 Å². The molecule has 1 amide bonds. The van der Waals surface area contributed by atoms with Crippen LogP contribution in [0.3, 0.4) is 0 Å². The third-order valence-corrected chi connectivity index (χ3v) is 7.65. The van der Waals surface area contributed by atoms with Crippen molar-refractivity contribution in [1.29, 1.82) is 0 Å². The number of halogens is 1. The molecule has 1 saturated heterocycles. The van der Waals surface area contributed by atoms with Gasteiger partial charge >= 0.3 is 0 Å². The van der Waals surface area contributed by atoms with Crippen molar-refractivity contribution in [3.05, 3.63) is 113 Å². The van der Waals surface area contributed by atoms with Gasteiger partial charge in [-0.3, -0.25) is 9.78 Å². The molecule has 6 nitrogen and oxygen atoms in total. The van der Waals surface area contributed by atoms with Crippen LogP contribution < -0.4 is 10.6 Å². The van der Waals surface area contributed by atoms with Gasteiger partial charge in [-0.1, -0.05) is 25.1 Å². The predicted molar refractivity (Wildman–Crippen MR) is 156 cm³/mol. The van der Waals surface area contributed by atoms with Crippen LogP contribution in [0.15, 0.2) is 79.0 Å². The van der Waals surface area contributed by atoms with Gasteiger partial charge in [0.25, 0.3) is 0 Å². The average Bonchev–Trinajstić information content (AvgIpc) is 3.43. The molecule has 2 aromatic heterocycles. The van der Waals surface area contributed by atoms with Crippen molar-refractivity contribution in [1.82, 2.24) is 19.8 Å². The number of thiocarbonyl (C=S) groups is 1. The second-order valence-electron chi connectivity index (χ2n) is 9.81. The van der Waals surface area contributed by atoms with Crippen LogP contribution in [0.1, 0.15) is 53.6 Å². The molecule has 4 aromatic rings. The van der Waals surface area contributed by atoms with Crippen LogP contribution in [0.5, 0.6) is 0 Å². The molecule has 39 heavy (non-hydrogen) atoms. The molecule has 0 unspecified atom stereocenters. The minimum atomic E-state index is -0.344. The number of hydrogen-bond acceptors (Lipinski definition) is 3.